The Labute approximate surface area is 207 Å². The quantitative estimate of drug-likeness (QED) is 0.574. The van der Waals surface area contributed by atoms with Gasteiger partial charge in [0, 0.05) is 43.5 Å². The van der Waals surface area contributed by atoms with Gasteiger partial charge in [0.1, 0.15) is 5.76 Å². The molecule has 4 rings (SSSR count). The number of nitrogens with zero attached hydrogens (tertiary/aromatic N) is 2. The average Bonchev–Trinajstić information content (AvgIpc) is 3.43. The number of hydrogen-bond donors (Lipinski definition) is 1. The van der Waals surface area contributed by atoms with E-state index in [0.29, 0.717) is 37.8 Å². The van der Waals surface area contributed by atoms with Crippen LogP contribution < -0.4 is 5.32 Å². The highest BCUT2D eigenvalue weighted by Crippen LogP contribution is 2.52. The Morgan fingerprint density at radius 2 is 1.89 bits per heavy atom. The summed E-state index contributed by atoms with van der Waals surface area (Å²) in [6.45, 7) is 9.87. The number of ether oxygens (including phenoxy) is 2. The molecule has 1 aromatic heterocycles. The molecule has 0 bridgehead atoms. The zero-order valence-corrected chi connectivity index (χ0v) is 21.4. The molecule has 35 heavy (non-hydrogen) atoms. The lowest BCUT2D eigenvalue weighted by molar-refractivity contribution is -0.127. The van der Waals surface area contributed by atoms with Crippen molar-refractivity contribution in [3.05, 3.63) is 52.9 Å². The Morgan fingerprint density at radius 3 is 2.51 bits per heavy atom. The molecule has 0 radical (unpaired) electrons. The molecule has 2 aliphatic rings. The number of aromatic nitrogens is 1. The van der Waals surface area contributed by atoms with Gasteiger partial charge in [0.25, 0.3) is 5.91 Å². The van der Waals surface area contributed by atoms with Gasteiger partial charge in [-0.1, -0.05) is 57.1 Å². The van der Waals surface area contributed by atoms with Crippen molar-refractivity contribution in [2.45, 2.75) is 64.0 Å². The van der Waals surface area contributed by atoms with Gasteiger partial charge < -0.3 is 24.2 Å². The molecule has 190 valence electrons. The molecule has 1 aliphatic heterocycles. The van der Waals surface area contributed by atoms with Crippen molar-refractivity contribution in [1.82, 2.24) is 15.4 Å². The van der Waals surface area contributed by atoms with Crippen molar-refractivity contribution in [2.75, 3.05) is 33.4 Å². The van der Waals surface area contributed by atoms with Crippen LogP contribution in [0.3, 0.4) is 0 Å². The Kier molecular flexibility index (Phi) is 7.62. The number of likely N-dealkylation sites (tertiary alicyclic amines) is 1. The minimum absolute atomic E-state index is 0.00166. The Balaban J connectivity index is 1.59. The third-order valence-corrected chi connectivity index (χ3v) is 7.35. The van der Waals surface area contributed by atoms with Crippen LogP contribution >= 0.6 is 0 Å². The predicted octanol–water partition coefficient (Wildman–Crippen LogP) is 3.83. The van der Waals surface area contributed by atoms with E-state index in [4.69, 9.17) is 14.0 Å². The van der Waals surface area contributed by atoms with Crippen LogP contribution in [-0.4, -0.2) is 61.4 Å². The maximum atomic E-state index is 13.2. The molecule has 2 heterocycles. The summed E-state index contributed by atoms with van der Waals surface area (Å²) in [6.07, 6.45) is 1.22. The van der Waals surface area contributed by atoms with E-state index in [1.165, 1.54) is 5.56 Å². The zero-order chi connectivity index (χ0) is 25.2. The van der Waals surface area contributed by atoms with Crippen LogP contribution in [0.15, 0.2) is 34.9 Å². The van der Waals surface area contributed by atoms with Crippen LogP contribution in [0.2, 0.25) is 0 Å². The van der Waals surface area contributed by atoms with Gasteiger partial charge in [-0.15, -0.1) is 0 Å². The second-order valence-corrected chi connectivity index (χ2v) is 10.2. The first-order valence-corrected chi connectivity index (χ1v) is 12.5. The predicted molar refractivity (Wildman–Crippen MR) is 131 cm³/mol. The maximum Gasteiger partial charge on any atom is 0.276 e. The lowest BCUT2D eigenvalue weighted by Gasteiger charge is -2.44. The van der Waals surface area contributed by atoms with Crippen molar-refractivity contribution < 1.29 is 23.6 Å². The topological polar surface area (TPSA) is 93.9 Å². The number of nitrogens with one attached hydrogen (secondary N) is 1. The van der Waals surface area contributed by atoms with Crippen LogP contribution in [0.4, 0.5) is 0 Å². The van der Waals surface area contributed by atoms with Gasteiger partial charge in [-0.3, -0.25) is 9.59 Å². The number of hydrogen-bond acceptors (Lipinski definition) is 6. The van der Waals surface area contributed by atoms with Gasteiger partial charge in [-0.05, 0) is 24.0 Å². The maximum absolute atomic E-state index is 13.2. The van der Waals surface area contributed by atoms with Crippen LogP contribution in [0.25, 0.3) is 0 Å². The van der Waals surface area contributed by atoms with E-state index in [0.717, 1.165) is 18.4 Å². The van der Waals surface area contributed by atoms with Gasteiger partial charge in [0.2, 0.25) is 5.91 Å². The van der Waals surface area contributed by atoms with E-state index in [-0.39, 0.29) is 41.2 Å². The van der Waals surface area contributed by atoms with E-state index < -0.39 is 0 Å². The fourth-order valence-electron chi connectivity index (χ4n) is 5.33. The SMILES string of the molecule is COCCO[C@@H]1[C@@H](NC(=O)C(C)C)c2ccccc2C12CCN(C(=O)c1cc(C(C)C)on1)CC2. The first kappa shape index (κ1) is 25.4. The number of carbonyl (C=O) groups is 2. The molecule has 0 unspecified atom stereocenters. The monoisotopic (exact) mass is 483 g/mol. The third kappa shape index (κ3) is 4.86. The molecular weight excluding hydrogens is 446 g/mol. The Bertz CT molecular complexity index is 1040. The molecule has 8 heteroatoms. The van der Waals surface area contributed by atoms with E-state index in [1.807, 2.05) is 44.7 Å². The molecule has 1 fully saturated rings. The molecule has 8 nitrogen and oxygen atoms in total. The minimum atomic E-state index is -0.303. The standard InChI is InChI=1S/C27H37N3O5/c1-17(2)22-16-21(29-35-22)26(32)30-12-10-27(11-13-30)20-9-7-6-8-19(20)23(28-25(31)18(3)4)24(27)34-15-14-33-5/h6-9,16-18,23-24H,10-15H2,1-5H3,(H,28,31)/t23-,24+/m0/s1. The first-order chi connectivity index (χ1) is 16.8. The van der Waals surface area contributed by atoms with Crippen LogP contribution in [0.1, 0.15) is 79.9 Å². The molecule has 0 saturated carbocycles. The molecule has 1 N–H and O–H groups in total. The molecule has 1 spiro atoms. The summed E-state index contributed by atoms with van der Waals surface area (Å²) in [6, 6.07) is 9.78. The van der Waals surface area contributed by atoms with E-state index in [1.54, 1.807) is 13.2 Å². The highest BCUT2D eigenvalue weighted by atomic mass is 16.5. The number of methoxy groups -OCH3 is 1. The van der Waals surface area contributed by atoms with Gasteiger partial charge in [0.15, 0.2) is 5.69 Å². The second kappa shape index (κ2) is 10.5. The highest BCUT2D eigenvalue weighted by Gasteiger charge is 2.54. The normalized spacial score (nSPS) is 21.1. The summed E-state index contributed by atoms with van der Waals surface area (Å²) in [5.74, 6) is 0.648. The number of fused-ring (bicyclic) bond motifs is 2. The molecular formula is C27H37N3O5. The molecule has 2 amide bonds. The van der Waals surface area contributed by atoms with Gasteiger partial charge in [0.05, 0.1) is 25.4 Å². The average molecular weight is 484 g/mol. The Hall–Kier alpha value is -2.71. The van der Waals surface area contributed by atoms with Crippen molar-refractivity contribution >= 4 is 11.8 Å². The van der Waals surface area contributed by atoms with Gasteiger partial charge >= 0.3 is 0 Å². The van der Waals surface area contributed by atoms with E-state index in [9.17, 15) is 9.59 Å². The summed E-state index contributed by atoms with van der Waals surface area (Å²) in [5.41, 5.74) is 2.35. The van der Waals surface area contributed by atoms with Crippen molar-refractivity contribution in [2.24, 2.45) is 5.92 Å². The van der Waals surface area contributed by atoms with E-state index >= 15 is 0 Å². The van der Waals surface area contributed by atoms with Crippen molar-refractivity contribution in [3.8, 4) is 0 Å². The third-order valence-electron chi connectivity index (χ3n) is 7.35. The lowest BCUT2D eigenvalue weighted by atomic mass is 9.71. The summed E-state index contributed by atoms with van der Waals surface area (Å²) >= 11 is 0. The fraction of sp³-hybridized carbons (Fsp3) is 0.593. The Morgan fingerprint density at radius 1 is 1.17 bits per heavy atom. The first-order valence-electron chi connectivity index (χ1n) is 12.5. The summed E-state index contributed by atoms with van der Waals surface area (Å²) < 4.78 is 17.0. The van der Waals surface area contributed by atoms with Crippen molar-refractivity contribution in [1.29, 1.82) is 0 Å². The molecule has 1 aromatic carbocycles. The highest BCUT2D eigenvalue weighted by molar-refractivity contribution is 5.92. The molecule has 2 atom stereocenters. The number of carbonyl (C=O) groups excluding carboxylic acids is 2. The number of rotatable bonds is 8. The number of amides is 2. The van der Waals surface area contributed by atoms with Crippen LogP contribution in [-0.2, 0) is 19.7 Å². The van der Waals surface area contributed by atoms with Crippen LogP contribution in [0.5, 0.6) is 0 Å². The lowest BCUT2D eigenvalue weighted by Crippen LogP contribution is -2.52. The summed E-state index contributed by atoms with van der Waals surface area (Å²) in [5, 5.41) is 7.26. The number of piperidine rings is 1. The van der Waals surface area contributed by atoms with Gasteiger partial charge in [-0.2, -0.15) is 0 Å². The molecule has 1 aliphatic carbocycles. The smallest absolute Gasteiger partial charge is 0.276 e. The minimum Gasteiger partial charge on any atom is -0.382 e. The zero-order valence-electron chi connectivity index (χ0n) is 21.4. The fourth-order valence-corrected chi connectivity index (χ4v) is 5.33. The second-order valence-electron chi connectivity index (χ2n) is 10.2. The number of benzene rings is 1. The van der Waals surface area contributed by atoms with Crippen LogP contribution in [0, 0.1) is 5.92 Å². The van der Waals surface area contributed by atoms with Gasteiger partial charge in [-0.25, -0.2) is 0 Å². The summed E-state index contributed by atoms with van der Waals surface area (Å²) in [4.78, 5) is 27.8. The van der Waals surface area contributed by atoms with Crippen molar-refractivity contribution in [3.63, 3.8) is 0 Å². The van der Waals surface area contributed by atoms with E-state index in [2.05, 4.69) is 22.6 Å². The molecule has 2 aromatic rings. The largest absolute Gasteiger partial charge is 0.382 e. The summed E-state index contributed by atoms with van der Waals surface area (Å²) in [7, 11) is 1.65. The molecule has 1 saturated heterocycles.